The van der Waals surface area contributed by atoms with Gasteiger partial charge in [-0.25, -0.2) is 0 Å². The second kappa shape index (κ2) is 19.0. The molecule has 0 bridgehead atoms. The molecule has 0 radical (unpaired) electrons. The molecule has 0 amide bonds. The molecule has 0 heterocycles. The van der Waals surface area contributed by atoms with E-state index in [-0.39, 0.29) is 6.42 Å². The van der Waals surface area contributed by atoms with E-state index in [2.05, 4.69) is 67.7 Å². The van der Waals surface area contributed by atoms with E-state index in [9.17, 15) is 4.79 Å². The molecule has 0 atom stereocenters. The van der Waals surface area contributed by atoms with Crippen LogP contribution in [0, 0.1) is 0 Å². The molecule has 0 unspecified atom stereocenters. The molecule has 0 fully saturated rings. The van der Waals surface area contributed by atoms with E-state index in [0.29, 0.717) is 6.42 Å². The summed E-state index contributed by atoms with van der Waals surface area (Å²) in [4.78, 5) is 10.3. The molecular weight excluding hydrogens is 296 g/mol. The predicted octanol–water partition coefficient (Wildman–Crippen LogP) is 6.55. The lowest BCUT2D eigenvalue weighted by Gasteiger charge is -1.87. The number of carbonyl (C=O) groups is 1. The molecular formula is C22H32O2. The van der Waals surface area contributed by atoms with Crippen molar-refractivity contribution in [2.45, 2.75) is 58.3 Å². The average Bonchev–Trinajstić information content (AvgIpc) is 2.56. The van der Waals surface area contributed by atoms with E-state index < -0.39 is 5.97 Å². The second-order valence-corrected chi connectivity index (χ2v) is 5.37. The van der Waals surface area contributed by atoms with Crippen LogP contribution in [0.5, 0.6) is 0 Å². The third-order valence-corrected chi connectivity index (χ3v) is 3.13. The van der Waals surface area contributed by atoms with Crippen LogP contribution in [0.15, 0.2) is 72.9 Å². The first-order valence-electron chi connectivity index (χ1n) is 8.90. The second-order valence-electron chi connectivity index (χ2n) is 5.37. The van der Waals surface area contributed by atoms with Crippen LogP contribution in [-0.4, -0.2) is 11.1 Å². The maximum absolute atomic E-state index is 10.3. The Morgan fingerprint density at radius 2 is 1.17 bits per heavy atom. The van der Waals surface area contributed by atoms with E-state index in [1.165, 1.54) is 0 Å². The molecule has 0 aliphatic heterocycles. The number of rotatable bonds is 14. The summed E-state index contributed by atoms with van der Waals surface area (Å²) >= 11 is 0. The standard InChI is InChI=1S/C22H32O2/c1-2-3-4-5-6-7-8-9-10-11-12-13-14-15-16-17-18-19-20-21-22(23)24/h3-4,7-10,12-13,15-16,18-19H,2,5-6,11,14,17,20-21H2,1H3,(H,23,24)/b4-3-,8-7+,10-9-,13-12-,16-15-,19-18-. The average molecular weight is 328 g/mol. The molecule has 0 aromatic rings. The first kappa shape index (κ1) is 21.9. The highest BCUT2D eigenvalue weighted by Crippen LogP contribution is 1.97. The van der Waals surface area contributed by atoms with Crippen molar-refractivity contribution in [1.82, 2.24) is 0 Å². The fourth-order valence-corrected chi connectivity index (χ4v) is 1.85. The fourth-order valence-electron chi connectivity index (χ4n) is 1.85. The van der Waals surface area contributed by atoms with Gasteiger partial charge in [0.2, 0.25) is 0 Å². The first-order valence-corrected chi connectivity index (χ1v) is 8.90. The van der Waals surface area contributed by atoms with Gasteiger partial charge in [-0.1, -0.05) is 79.8 Å². The lowest BCUT2D eigenvalue weighted by molar-refractivity contribution is -0.136. The molecule has 24 heavy (non-hydrogen) atoms. The molecule has 0 rings (SSSR count). The summed E-state index contributed by atoms with van der Waals surface area (Å²) in [5.41, 5.74) is 0. The van der Waals surface area contributed by atoms with Crippen molar-refractivity contribution in [2.75, 3.05) is 0 Å². The summed E-state index contributed by atoms with van der Waals surface area (Å²) in [5, 5.41) is 8.49. The molecule has 0 saturated carbocycles. The summed E-state index contributed by atoms with van der Waals surface area (Å²) in [7, 11) is 0. The van der Waals surface area contributed by atoms with E-state index >= 15 is 0 Å². The Morgan fingerprint density at radius 1 is 0.667 bits per heavy atom. The van der Waals surface area contributed by atoms with Crippen LogP contribution in [0.25, 0.3) is 0 Å². The highest BCUT2D eigenvalue weighted by Gasteiger charge is 1.90. The van der Waals surface area contributed by atoms with Crippen molar-refractivity contribution in [3.63, 3.8) is 0 Å². The van der Waals surface area contributed by atoms with Crippen LogP contribution in [0.1, 0.15) is 58.3 Å². The Hall–Kier alpha value is -2.09. The zero-order valence-electron chi connectivity index (χ0n) is 14.9. The third-order valence-electron chi connectivity index (χ3n) is 3.13. The molecule has 1 N–H and O–H groups in total. The number of hydrogen-bond acceptors (Lipinski definition) is 1. The van der Waals surface area contributed by atoms with Crippen molar-refractivity contribution in [3.8, 4) is 0 Å². The number of carboxylic acids is 1. The highest BCUT2D eigenvalue weighted by atomic mass is 16.4. The summed E-state index contributed by atoms with van der Waals surface area (Å²) in [5.74, 6) is -0.742. The normalized spacial score (nSPS) is 13.0. The molecule has 2 nitrogen and oxygen atoms in total. The smallest absolute Gasteiger partial charge is 0.303 e. The highest BCUT2D eigenvalue weighted by molar-refractivity contribution is 5.66. The number of aliphatic carboxylic acids is 1. The zero-order valence-corrected chi connectivity index (χ0v) is 14.9. The molecule has 0 saturated heterocycles. The van der Waals surface area contributed by atoms with Crippen molar-refractivity contribution in [1.29, 1.82) is 0 Å². The Kier molecular flexibility index (Phi) is 17.3. The Labute approximate surface area is 147 Å². The number of unbranched alkanes of at least 4 members (excludes halogenated alkanes) is 1. The topological polar surface area (TPSA) is 37.3 Å². The Bertz CT molecular complexity index is 462. The van der Waals surface area contributed by atoms with Crippen LogP contribution in [0.4, 0.5) is 0 Å². The van der Waals surface area contributed by atoms with Gasteiger partial charge in [0.1, 0.15) is 0 Å². The first-order chi connectivity index (χ1) is 11.8. The monoisotopic (exact) mass is 328 g/mol. The van der Waals surface area contributed by atoms with Crippen molar-refractivity contribution in [3.05, 3.63) is 72.9 Å². The number of carboxylic acid groups (broad SMARTS) is 1. The Balaban J connectivity index is 3.53. The van der Waals surface area contributed by atoms with E-state index in [1.807, 2.05) is 12.2 Å². The third kappa shape index (κ3) is 19.9. The minimum atomic E-state index is -0.742. The Morgan fingerprint density at radius 3 is 1.79 bits per heavy atom. The molecule has 0 aromatic carbocycles. The van der Waals surface area contributed by atoms with Gasteiger partial charge in [-0.2, -0.15) is 0 Å². The molecule has 0 spiro atoms. The molecule has 0 aromatic heterocycles. The van der Waals surface area contributed by atoms with E-state index in [0.717, 1.165) is 38.5 Å². The van der Waals surface area contributed by atoms with E-state index in [1.54, 1.807) is 0 Å². The summed E-state index contributed by atoms with van der Waals surface area (Å²) in [6.07, 6.45) is 32.4. The largest absolute Gasteiger partial charge is 0.481 e. The van der Waals surface area contributed by atoms with Gasteiger partial charge in [-0.05, 0) is 44.9 Å². The van der Waals surface area contributed by atoms with Gasteiger partial charge in [0.25, 0.3) is 0 Å². The SMILES string of the molecule is CC/C=C\CC/C=C/C=C\C/C=C\C/C=C\C/C=C\CCC(=O)O. The van der Waals surface area contributed by atoms with Gasteiger partial charge in [0.05, 0.1) is 0 Å². The molecule has 132 valence electrons. The van der Waals surface area contributed by atoms with Gasteiger partial charge in [0.15, 0.2) is 0 Å². The van der Waals surface area contributed by atoms with Gasteiger partial charge in [0, 0.05) is 6.42 Å². The summed E-state index contributed by atoms with van der Waals surface area (Å²) in [6, 6.07) is 0. The van der Waals surface area contributed by atoms with Gasteiger partial charge < -0.3 is 5.11 Å². The fraction of sp³-hybridized carbons (Fsp3) is 0.409. The van der Waals surface area contributed by atoms with Crippen molar-refractivity contribution < 1.29 is 9.90 Å². The van der Waals surface area contributed by atoms with Gasteiger partial charge >= 0.3 is 5.97 Å². The van der Waals surface area contributed by atoms with Gasteiger partial charge in [-0.3, -0.25) is 4.79 Å². The maximum Gasteiger partial charge on any atom is 0.303 e. The quantitative estimate of drug-likeness (QED) is 0.223. The molecule has 2 heteroatoms. The van der Waals surface area contributed by atoms with Crippen molar-refractivity contribution in [2.24, 2.45) is 0 Å². The van der Waals surface area contributed by atoms with Crippen LogP contribution in [0.3, 0.4) is 0 Å². The van der Waals surface area contributed by atoms with E-state index in [4.69, 9.17) is 5.11 Å². The lowest BCUT2D eigenvalue weighted by Crippen LogP contribution is -1.91. The minimum absolute atomic E-state index is 0.210. The number of hydrogen-bond donors (Lipinski definition) is 1. The summed E-state index contributed by atoms with van der Waals surface area (Å²) < 4.78 is 0. The zero-order chi connectivity index (χ0) is 17.7. The minimum Gasteiger partial charge on any atom is -0.481 e. The van der Waals surface area contributed by atoms with Crippen LogP contribution in [-0.2, 0) is 4.79 Å². The lowest BCUT2D eigenvalue weighted by atomic mass is 10.2. The van der Waals surface area contributed by atoms with Gasteiger partial charge in [-0.15, -0.1) is 0 Å². The summed E-state index contributed by atoms with van der Waals surface area (Å²) in [6.45, 7) is 2.15. The van der Waals surface area contributed by atoms with Crippen molar-refractivity contribution >= 4 is 5.97 Å². The van der Waals surface area contributed by atoms with Crippen LogP contribution in [0.2, 0.25) is 0 Å². The van der Waals surface area contributed by atoms with Crippen LogP contribution >= 0.6 is 0 Å². The molecule has 0 aliphatic rings. The maximum atomic E-state index is 10.3. The van der Waals surface area contributed by atoms with Crippen LogP contribution < -0.4 is 0 Å². The predicted molar refractivity (Wildman–Crippen MR) is 105 cm³/mol. The molecule has 0 aliphatic carbocycles. The number of allylic oxidation sites excluding steroid dienone is 12.